The van der Waals surface area contributed by atoms with Crippen LogP contribution in [0.5, 0.6) is 5.75 Å². The number of carbonyl (C=O) groups excluding carboxylic acids is 2. The second kappa shape index (κ2) is 8.11. The fraction of sp³-hybridized carbons (Fsp3) is 0.391. The van der Waals surface area contributed by atoms with Gasteiger partial charge in [-0.2, -0.15) is 0 Å². The molecule has 1 amide bonds. The van der Waals surface area contributed by atoms with Crippen LogP contribution in [0.1, 0.15) is 29.9 Å². The van der Waals surface area contributed by atoms with Crippen molar-refractivity contribution < 1.29 is 28.9 Å². The molecule has 2 atom stereocenters. The number of nitrogens with zero attached hydrogens (tertiary/aromatic N) is 1. The van der Waals surface area contributed by atoms with Gasteiger partial charge < -0.3 is 24.2 Å². The number of aliphatic hydroxyl groups excluding tert-OH is 1. The first-order chi connectivity index (χ1) is 14.7. The molecule has 1 aromatic heterocycles. The average Bonchev–Trinajstić information content (AvgIpc) is 3.43. The van der Waals surface area contributed by atoms with Gasteiger partial charge in [0.05, 0.1) is 31.9 Å². The van der Waals surface area contributed by atoms with E-state index in [1.165, 1.54) is 23.3 Å². The molecule has 4 rings (SSSR count). The maximum atomic E-state index is 13.1. The maximum absolute atomic E-state index is 13.1. The summed E-state index contributed by atoms with van der Waals surface area (Å²) in [4.78, 5) is 28.5. The first kappa shape index (κ1) is 21.5. The van der Waals surface area contributed by atoms with Gasteiger partial charge in [0.1, 0.15) is 17.6 Å². The highest BCUT2D eigenvalue weighted by Gasteiger charge is 2.52. The molecule has 2 aliphatic rings. The van der Waals surface area contributed by atoms with E-state index < -0.39 is 29.6 Å². The summed E-state index contributed by atoms with van der Waals surface area (Å²) in [7, 11) is 1.54. The van der Waals surface area contributed by atoms with Gasteiger partial charge in [-0.3, -0.25) is 9.59 Å². The Labute approximate surface area is 184 Å². The Balaban J connectivity index is 1.81. The van der Waals surface area contributed by atoms with Crippen molar-refractivity contribution in [2.45, 2.75) is 45.2 Å². The van der Waals surface area contributed by atoms with Gasteiger partial charge in [-0.05, 0) is 43.8 Å². The van der Waals surface area contributed by atoms with Crippen molar-refractivity contribution in [1.82, 2.24) is 4.90 Å². The van der Waals surface area contributed by atoms with Crippen LogP contribution in [-0.2, 0) is 25.6 Å². The molecule has 2 unspecified atom stereocenters. The lowest BCUT2D eigenvalue weighted by molar-refractivity contribution is -0.149. The van der Waals surface area contributed by atoms with Crippen LogP contribution in [0.3, 0.4) is 0 Å². The highest BCUT2D eigenvalue weighted by Crippen LogP contribution is 2.38. The number of benzene rings is 1. The number of ether oxygens (including phenoxy) is 3. The molecule has 0 bridgehead atoms. The number of carbonyl (C=O) groups is 2. The molecule has 0 saturated carbocycles. The van der Waals surface area contributed by atoms with Crippen LogP contribution in [0.15, 0.2) is 41.3 Å². The second-order valence-electron chi connectivity index (χ2n) is 8.10. The van der Waals surface area contributed by atoms with Crippen molar-refractivity contribution in [1.29, 1.82) is 0 Å². The number of aryl methyl sites for hydroxylation is 1. The zero-order chi connectivity index (χ0) is 22.3. The molecule has 31 heavy (non-hydrogen) atoms. The molecule has 2 fully saturated rings. The summed E-state index contributed by atoms with van der Waals surface area (Å²) >= 11 is 1.50. The van der Waals surface area contributed by atoms with Gasteiger partial charge in [0.25, 0.3) is 11.7 Å². The Morgan fingerprint density at radius 3 is 2.71 bits per heavy atom. The second-order valence-corrected chi connectivity index (χ2v) is 9.13. The van der Waals surface area contributed by atoms with E-state index in [9.17, 15) is 14.7 Å². The highest BCUT2D eigenvalue weighted by atomic mass is 32.1. The summed E-state index contributed by atoms with van der Waals surface area (Å²) in [5.74, 6) is -1.90. The summed E-state index contributed by atoms with van der Waals surface area (Å²) < 4.78 is 17.1. The van der Waals surface area contributed by atoms with E-state index in [4.69, 9.17) is 14.2 Å². The zero-order valence-electron chi connectivity index (χ0n) is 17.9. The minimum absolute atomic E-state index is 0.0266. The van der Waals surface area contributed by atoms with Crippen LogP contribution in [-0.4, -0.2) is 53.3 Å². The number of thiophene rings is 1. The van der Waals surface area contributed by atoms with E-state index in [0.717, 1.165) is 10.4 Å². The monoisotopic (exact) mass is 443 g/mol. The average molecular weight is 444 g/mol. The number of hydrogen-bond donors (Lipinski definition) is 1. The maximum Gasteiger partial charge on any atom is 0.295 e. The lowest BCUT2D eigenvalue weighted by atomic mass is 9.96. The van der Waals surface area contributed by atoms with Crippen LogP contribution in [0.2, 0.25) is 0 Å². The van der Waals surface area contributed by atoms with E-state index in [-0.39, 0.29) is 24.5 Å². The van der Waals surface area contributed by atoms with Crippen LogP contribution in [0, 0.1) is 6.92 Å². The molecule has 1 aromatic carbocycles. The molecule has 1 N–H and O–H groups in total. The first-order valence-corrected chi connectivity index (χ1v) is 10.9. The number of Topliss-reactive ketones (excluding diaryl/α,β-unsaturated/α-hetero) is 1. The largest absolute Gasteiger partial charge is 0.507 e. The van der Waals surface area contributed by atoms with Crippen molar-refractivity contribution in [2.24, 2.45) is 0 Å². The topological polar surface area (TPSA) is 85.3 Å². The minimum Gasteiger partial charge on any atom is -0.507 e. The molecule has 8 heteroatoms. The molecule has 0 spiro atoms. The van der Waals surface area contributed by atoms with Crippen LogP contribution in [0.4, 0.5) is 0 Å². The molecule has 3 heterocycles. The Bertz CT molecular complexity index is 1040. The fourth-order valence-electron chi connectivity index (χ4n) is 4.03. The number of amides is 1. The third kappa shape index (κ3) is 3.98. The molecule has 0 aliphatic carbocycles. The van der Waals surface area contributed by atoms with Crippen molar-refractivity contribution in [3.05, 3.63) is 57.3 Å². The Morgan fingerprint density at radius 2 is 2.10 bits per heavy atom. The van der Waals surface area contributed by atoms with Crippen LogP contribution < -0.4 is 4.74 Å². The van der Waals surface area contributed by atoms with Gasteiger partial charge in [0, 0.05) is 10.4 Å². The minimum atomic E-state index is -0.845. The van der Waals surface area contributed by atoms with Gasteiger partial charge in [0.15, 0.2) is 5.79 Å². The summed E-state index contributed by atoms with van der Waals surface area (Å²) in [5, 5.41) is 13.1. The Hall–Kier alpha value is -2.68. The van der Waals surface area contributed by atoms with Crippen molar-refractivity contribution in [2.75, 3.05) is 13.7 Å². The molecule has 2 aromatic rings. The molecule has 2 aliphatic heterocycles. The Kier molecular flexibility index (Phi) is 5.63. The molecule has 7 nitrogen and oxygen atoms in total. The smallest absolute Gasteiger partial charge is 0.295 e. The number of aliphatic hydroxyl groups is 1. The lowest BCUT2D eigenvalue weighted by Crippen LogP contribution is -2.43. The molecular formula is C23H25NO6S. The molecule has 164 valence electrons. The molecular weight excluding hydrogens is 418 g/mol. The predicted molar refractivity (Wildman–Crippen MR) is 116 cm³/mol. The van der Waals surface area contributed by atoms with Gasteiger partial charge in [-0.25, -0.2) is 0 Å². The first-order valence-electron chi connectivity index (χ1n) is 9.99. The van der Waals surface area contributed by atoms with E-state index in [1.807, 2.05) is 24.4 Å². The van der Waals surface area contributed by atoms with E-state index in [2.05, 4.69) is 0 Å². The Morgan fingerprint density at radius 1 is 1.32 bits per heavy atom. The van der Waals surface area contributed by atoms with Crippen molar-refractivity contribution in [3.63, 3.8) is 0 Å². The SMILES string of the molecule is COc1cc(/C(O)=C2\C(=O)C(=O)N(Cc3cccs3)C2C2COC(C)(C)O2)ccc1C. The summed E-state index contributed by atoms with van der Waals surface area (Å²) in [6, 6.07) is 8.18. The third-order valence-corrected chi connectivity index (χ3v) is 6.42. The number of rotatable bonds is 5. The van der Waals surface area contributed by atoms with Crippen molar-refractivity contribution >= 4 is 28.8 Å². The lowest BCUT2D eigenvalue weighted by Gasteiger charge is -2.29. The third-order valence-electron chi connectivity index (χ3n) is 5.56. The van der Waals surface area contributed by atoms with E-state index in [0.29, 0.717) is 11.3 Å². The van der Waals surface area contributed by atoms with E-state index >= 15 is 0 Å². The normalized spacial score (nSPS) is 24.7. The van der Waals surface area contributed by atoms with Crippen LogP contribution >= 0.6 is 11.3 Å². The number of ketones is 1. The van der Waals surface area contributed by atoms with Gasteiger partial charge in [-0.1, -0.05) is 18.2 Å². The molecule has 2 saturated heterocycles. The van der Waals surface area contributed by atoms with Crippen LogP contribution in [0.25, 0.3) is 5.76 Å². The number of methoxy groups -OCH3 is 1. The number of hydrogen-bond acceptors (Lipinski definition) is 7. The molecule has 0 radical (unpaired) electrons. The van der Waals surface area contributed by atoms with Crippen molar-refractivity contribution in [3.8, 4) is 5.75 Å². The van der Waals surface area contributed by atoms with Gasteiger partial charge >= 0.3 is 0 Å². The quantitative estimate of drug-likeness (QED) is 0.433. The van der Waals surface area contributed by atoms with Gasteiger partial charge in [0.2, 0.25) is 0 Å². The summed E-state index contributed by atoms with van der Waals surface area (Å²) in [5.41, 5.74) is 1.32. The van der Waals surface area contributed by atoms with E-state index in [1.54, 1.807) is 32.0 Å². The summed E-state index contributed by atoms with van der Waals surface area (Å²) in [6.45, 7) is 5.90. The highest BCUT2D eigenvalue weighted by molar-refractivity contribution is 7.09. The number of likely N-dealkylation sites (tertiary alicyclic amines) is 1. The zero-order valence-corrected chi connectivity index (χ0v) is 18.7. The standard InChI is InChI=1S/C23H25NO6S/c1-13-7-8-14(10-16(13)28-4)20(25)18-19(17-12-29-23(2,3)30-17)24(22(27)21(18)26)11-15-6-5-9-31-15/h5-10,17,19,25H,11-12H2,1-4H3/b20-18+. The summed E-state index contributed by atoms with van der Waals surface area (Å²) in [6.07, 6.45) is -0.588. The predicted octanol–water partition coefficient (Wildman–Crippen LogP) is 3.47. The fourth-order valence-corrected chi connectivity index (χ4v) is 4.73. The van der Waals surface area contributed by atoms with Gasteiger partial charge in [-0.15, -0.1) is 11.3 Å².